The van der Waals surface area contributed by atoms with Crippen molar-refractivity contribution >= 4 is 40.5 Å². The lowest BCUT2D eigenvalue weighted by Crippen LogP contribution is -2.50. The highest BCUT2D eigenvalue weighted by atomic mass is 35.5. The molecule has 0 radical (unpaired) electrons. The molecule has 0 bridgehead atoms. The van der Waals surface area contributed by atoms with E-state index in [9.17, 15) is 14.4 Å². The second-order valence-electron chi connectivity index (χ2n) is 6.24. The number of ether oxygens (including phenoxy) is 1. The van der Waals surface area contributed by atoms with Crippen molar-refractivity contribution in [3.8, 4) is 0 Å². The fraction of sp³-hybridized carbons (Fsp3) is 0.389. The van der Waals surface area contributed by atoms with E-state index in [1.165, 1.54) is 4.57 Å². The molecule has 0 atom stereocenters. The van der Waals surface area contributed by atoms with E-state index in [4.69, 9.17) is 16.3 Å². The number of anilines is 1. The van der Waals surface area contributed by atoms with E-state index in [-0.39, 0.29) is 23.9 Å². The lowest BCUT2D eigenvalue weighted by molar-refractivity contribution is -0.152. The molecule has 2 aromatic rings. The number of amides is 1. The largest absolute Gasteiger partial charge is 0.454 e. The third kappa shape index (κ3) is 4.90. The number of carbonyl (C=O) groups excluding carboxylic acids is 2. The molecule has 144 valence electrons. The highest BCUT2D eigenvalue weighted by Gasteiger charge is 2.22. The third-order valence-electron chi connectivity index (χ3n) is 4.43. The molecule has 0 N–H and O–H groups in total. The lowest BCUT2D eigenvalue weighted by atomic mass is 10.2. The number of esters is 1. The van der Waals surface area contributed by atoms with Gasteiger partial charge in [-0.25, -0.2) is 0 Å². The summed E-state index contributed by atoms with van der Waals surface area (Å²) in [4.78, 5) is 39.4. The Hall–Kier alpha value is -2.32. The number of hydrogen-bond acceptors (Lipinski definition) is 6. The number of aromatic nitrogens is 1. The first kappa shape index (κ1) is 19.4. The van der Waals surface area contributed by atoms with Crippen LogP contribution in [0.25, 0.3) is 0 Å². The van der Waals surface area contributed by atoms with Gasteiger partial charge in [0.15, 0.2) is 6.61 Å². The first-order valence-electron chi connectivity index (χ1n) is 8.53. The number of hydrogen-bond donors (Lipinski definition) is 0. The maximum atomic E-state index is 12.3. The van der Waals surface area contributed by atoms with Crippen molar-refractivity contribution in [2.45, 2.75) is 13.5 Å². The maximum absolute atomic E-state index is 12.3. The van der Waals surface area contributed by atoms with Crippen LogP contribution in [0.4, 0.5) is 5.69 Å². The molecule has 2 heterocycles. The van der Waals surface area contributed by atoms with Crippen LogP contribution in [0.5, 0.6) is 0 Å². The van der Waals surface area contributed by atoms with Crippen molar-refractivity contribution in [2.24, 2.45) is 0 Å². The molecule has 0 saturated carbocycles. The Bertz CT molecular complexity index is 887. The molecule has 1 aromatic heterocycles. The van der Waals surface area contributed by atoms with Gasteiger partial charge in [0.05, 0.1) is 0 Å². The highest BCUT2D eigenvalue weighted by Crippen LogP contribution is 2.20. The van der Waals surface area contributed by atoms with Crippen molar-refractivity contribution in [2.75, 3.05) is 37.7 Å². The zero-order chi connectivity index (χ0) is 19.4. The Morgan fingerprint density at radius 1 is 1.22 bits per heavy atom. The molecule has 1 fully saturated rings. The van der Waals surface area contributed by atoms with Gasteiger partial charge in [0.1, 0.15) is 6.54 Å². The van der Waals surface area contributed by atoms with Crippen LogP contribution in [-0.2, 0) is 20.9 Å². The summed E-state index contributed by atoms with van der Waals surface area (Å²) in [5.74, 6) is -0.826. The number of carbonyl (C=O) groups is 2. The number of halogens is 1. The van der Waals surface area contributed by atoms with Gasteiger partial charge in [-0.2, -0.15) is 0 Å². The Labute approximate surface area is 165 Å². The quantitative estimate of drug-likeness (QED) is 0.704. The predicted molar refractivity (Wildman–Crippen MR) is 105 cm³/mol. The summed E-state index contributed by atoms with van der Waals surface area (Å²) in [7, 11) is 0. The SMILES string of the molecule is Cc1csc(=O)n1CC(=O)OCC(=O)N1CCN(c2cccc(Cl)c2)CC1. The molecule has 1 saturated heterocycles. The number of benzene rings is 1. The fourth-order valence-corrected chi connectivity index (χ4v) is 3.81. The van der Waals surface area contributed by atoms with Crippen molar-refractivity contribution in [3.05, 3.63) is 50.0 Å². The van der Waals surface area contributed by atoms with Crippen LogP contribution in [0, 0.1) is 6.92 Å². The third-order valence-corrected chi connectivity index (χ3v) is 5.54. The zero-order valence-electron chi connectivity index (χ0n) is 14.9. The molecular weight excluding hydrogens is 390 g/mol. The second kappa shape index (κ2) is 8.58. The van der Waals surface area contributed by atoms with Gasteiger partial charge in [0.2, 0.25) is 0 Å². The average molecular weight is 410 g/mol. The van der Waals surface area contributed by atoms with Crippen LogP contribution in [-0.4, -0.2) is 54.1 Å². The molecule has 1 aliphatic heterocycles. The van der Waals surface area contributed by atoms with Gasteiger partial charge in [0.25, 0.3) is 5.91 Å². The Morgan fingerprint density at radius 3 is 2.59 bits per heavy atom. The molecule has 1 aliphatic rings. The van der Waals surface area contributed by atoms with Crippen LogP contribution >= 0.6 is 22.9 Å². The number of rotatable bonds is 5. The molecule has 3 rings (SSSR count). The summed E-state index contributed by atoms with van der Waals surface area (Å²) in [6.07, 6.45) is 0. The van der Waals surface area contributed by atoms with Gasteiger partial charge < -0.3 is 14.5 Å². The standard InChI is InChI=1S/C18H20ClN3O4S/c1-13-12-27-18(25)22(13)10-17(24)26-11-16(23)21-7-5-20(6-8-21)15-4-2-3-14(19)9-15/h2-4,9,12H,5-8,10-11H2,1H3. The monoisotopic (exact) mass is 409 g/mol. The van der Waals surface area contributed by atoms with Gasteiger partial charge in [-0.1, -0.05) is 29.0 Å². The number of nitrogens with zero attached hydrogens (tertiary/aromatic N) is 3. The minimum Gasteiger partial charge on any atom is -0.454 e. The van der Waals surface area contributed by atoms with Crippen LogP contribution in [0.2, 0.25) is 5.02 Å². The minimum atomic E-state index is -0.593. The van der Waals surface area contributed by atoms with Gasteiger partial charge in [-0.3, -0.25) is 19.0 Å². The summed E-state index contributed by atoms with van der Waals surface area (Å²) in [6, 6.07) is 7.61. The van der Waals surface area contributed by atoms with E-state index in [2.05, 4.69) is 4.90 Å². The predicted octanol–water partition coefficient (Wildman–Crippen LogP) is 1.76. The molecule has 9 heteroatoms. The summed E-state index contributed by atoms with van der Waals surface area (Å²) in [6.45, 7) is 3.72. The smallest absolute Gasteiger partial charge is 0.326 e. The summed E-state index contributed by atoms with van der Waals surface area (Å²) in [5.41, 5.74) is 1.73. The number of piperazine rings is 1. The fourth-order valence-electron chi connectivity index (χ4n) is 2.89. The van der Waals surface area contributed by atoms with Gasteiger partial charge in [-0.15, -0.1) is 0 Å². The Kier molecular flexibility index (Phi) is 6.18. The molecule has 7 nitrogen and oxygen atoms in total. The van der Waals surface area contributed by atoms with Crippen LogP contribution in [0.15, 0.2) is 34.4 Å². The molecule has 0 spiro atoms. The number of thiazole rings is 1. The lowest BCUT2D eigenvalue weighted by Gasteiger charge is -2.36. The molecule has 1 amide bonds. The van der Waals surface area contributed by atoms with Crippen molar-refractivity contribution in [1.82, 2.24) is 9.47 Å². The van der Waals surface area contributed by atoms with E-state index >= 15 is 0 Å². The summed E-state index contributed by atoms with van der Waals surface area (Å²) in [5, 5.41) is 2.36. The molecule has 1 aromatic carbocycles. The van der Waals surface area contributed by atoms with Crippen LogP contribution in [0.3, 0.4) is 0 Å². The van der Waals surface area contributed by atoms with Crippen molar-refractivity contribution < 1.29 is 14.3 Å². The van der Waals surface area contributed by atoms with E-state index in [1.807, 2.05) is 24.3 Å². The maximum Gasteiger partial charge on any atom is 0.326 e. The first-order valence-corrected chi connectivity index (χ1v) is 9.78. The molecule has 0 unspecified atom stereocenters. The zero-order valence-corrected chi connectivity index (χ0v) is 16.5. The first-order chi connectivity index (χ1) is 12.9. The molecule has 27 heavy (non-hydrogen) atoms. The Balaban J connectivity index is 1.45. The molecular formula is C18H20ClN3O4S. The average Bonchev–Trinajstić information content (AvgIpc) is 2.98. The van der Waals surface area contributed by atoms with Crippen LogP contribution < -0.4 is 9.77 Å². The topological polar surface area (TPSA) is 71.8 Å². The van der Waals surface area contributed by atoms with Gasteiger partial charge in [-0.05, 0) is 25.1 Å². The summed E-state index contributed by atoms with van der Waals surface area (Å²) < 4.78 is 6.39. The summed E-state index contributed by atoms with van der Waals surface area (Å²) >= 11 is 7.05. The highest BCUT2D eigenvalue weighted by molar-refractivity contribution is 7.07. The van der Waals surface area contributed by atoms with Gasteiger partial charge in [0, 0.05) is 48.0 Å². The van der Waals surface area contributed by atoms with E-state index < -0.39 is 5.97 Å². The van der Waals surface area contributed by atoms with E-state index in [0.29, 0.717) is 36.9 Å². The molecule has 0 aliphatic carbocycles. The number of aryl methyl sites for hydroxylation is 1. The second-order valence-corrected chi connectivity index (χ2v) is 7.49. The van der Waals surface area contributed by atoms with Crippen LogP contribution in [0.1, 0.15) is 5.69 Å². The minimum absolute atomic E-state index is 0.177. The Morgan fingerprint density at radius 2 is 1.96 bits per heavy atom. The normalized spacial score (nSPS) is 14.3. The van der Waals surface area contributed by atoms with E-state index in [0.717, 1.165) is 17.0 Å². The van der Waals surface area contributed by atoms with E-state index in [1.54, 1.807) is 17.2 Å². The van der Waals surface area contributed by atoms with Crippen molar-refractivity contribution in [1.29, 1.82) is 0 Å². The van der Waals surface area contributed by atoms with Gasteiger partial charge >= 0.3 is 10.8 Å². The van der Waals surface area contributed by atoms with Crippen molar-refractivity contribution in [3.63, 3.8) is 0 Å².